The van der Waals surface area contributed by atoms with Crippen LogP contribution in [-0.4, -0.2) is 71.7 Å². The van der Waals surface area contributed by atoms with Crippen molar-refractivity contribution in [1.29, 1.82) is 0 Å². The van der Waals surface area contributed by atoms with Crippen LogP contribution in [0.2, 0.25) is 0 Å². The van der Waals surface area contributed by atoms with Crippen LogP contribution in [0.1, 0.15) is 47.6 Å². The van der Waals surface area contributed by atoms with Gasteiger partial charge in [0.05, 0.1) is 12.8 Å². The number of benzene rings is 2. The molecule has 1 aliphatic carbocycles. The van der Waals surface area contributed by atoms with Crippen LogP contribution >= 0.6 is 0 Å². The van der Waals surface area contributed by atoms with E-state index >= 15 is 0 Å². The van der Waals surface area contributed by atoms with Crippen LogP contribution in [-0.2, 0) is 0 Å². The Bertz CT molecular complexity index is 1660. The molecule has 1 saturated heterocycles. The summed E-state index contributed by atoms with van der Waals surface area (Å²) in [5.74, 6) is 1.05. The van der Waals surface area contributed by atoms with Crippen molar-refractivity contribution in [1.82, 2.24) is 24.8 Å². The number of nitrogens with one attached hydrogen (secondary N) is 2. The predicted octanol–water partition coefficient (Wildman–Crippen LogP) is 4.52. The highest BCUT2D eigenvalue weighted by molar-refractivity contribution is 5.94. The van der Waals surface area contributed by atoms with Gasteiger partial charge in [-0.1, -0.05) is 18.2 Å². The number of nitrogens with zero attached hydrogens (tertiary/aromatic N) is 5. The van der Waals surface area contributed by atoms with Crippen LogP contribution in [0.3, 0.4) is 0 Å². The predicted molar refractivity (Wildman–Crippen MR) is 170 cm³/mol. The van der Waals surface area contributed by atoms with Gasteiger partial charge in [-0.05, 0) is 69.5 Å². The fraction of sp³-hybridized carbons (Fsp3) is 0.394. The molecule has 1 saturated carbocycles. The number of pyridine rings is 1. The van der Waals surface area contributed by atoms with Crippen LogP contribution in [0.4, 0.5) is 17.3 Å². The molecule has 10 heteroatoms. The second-order valence-electron chi connectivity index (χ2n) is 11.6. The number of rotatable bonds is 7. The highest BCUT2D eigenvalue weighted by Gasteiger charge is 2.26. The van der Waals surface area contributed by atoms with Gasteiger partial charge in [-0.25, -0.2) is 4.98 Å². The summed E-state index contributed by atoms with van der Waals surface area (Å²) < 4.78 is 7.56. The lowest BCUT2D eigenvalue weighted by Crippen LogP contribution is -2.44. The van der Waals surface area contributed by atoms with Crippen LogP contribution in [0.5, 0.6) is 5.75 Å². The van der Waals surface area contributed by atoms with Gasteiger partial charge in [-0.15, -0.1) is 0 Å². The third-order valence-corrected chi connectivity index (χ3v) is 8.73. The monoisotopic (exact) mass is 581 g/mol. The average Bonchev–Trinajstić information content (AvgIpc) is 3.03. The summed E-state index contributed by atoms with van der Waals surface area (Å²) in [6.45, 7) is 5.91. The Labute approximate surface area is 251 Å². The Morgan fingerprint density at radius 1 is 0.977 bits per heavy atom. The van der Waals surface area contributed by atoms with Gasteiger partial charge < -0.3 is 25.2 Å². The molecule has 0 bridgehead atoms. The molecular weight excluding hydrogens is 542 g/mol. The molecule has 0 atom stereocenters. The number of likely N-dealkylation sites (N-methyl/N-ethyl adjacent to an activating group) is 1. The number of hydrogen-bond acceptors (Lipinski definition) is 8. The van der Waals surface area contributed by atoms with Crippen molar-refractivity contribution in [3.05, 3.63) is 82.3 Å². The number of amides is 1. The lowest BCUT2D eigenvalue weighted by Gasteiger charge is -2.34. The minimum Gasteiger partial charge on any atom is -0.494 e. The summed E-state index contributed by atoms with van der Waals surface area (Å²) in [5.41, 5.74) is 3.94. The van der Waals surface area contributed by atoms with Gasteiger partial charge in [0.25, 0.3) is 11.5 Å². The Kier molecular flexibility index (Phi) is 8.29. The number of carbonyl (C=O) groups excluding carboxylic acids is 1. The number of hydrogen-bond donors (Lipinski definition) is 2. The van der Waals surface area contributed by atoms with E-state index in [0.29, 0.717) is 22.9 Å². The first-order chi connectivity index (χ1) is 20.9. The van der Waals surface area contributed by atoms with Crippen LogP contribution in [0.15, 0.2) is 65.6 Å². The summed E-state index contributed by atoms with van der Waals surface area (Å²) in [4.78, 5) is 40.2. The minimum absolute atomic E-state index is 0.0133. The number of ether oxygens (including phenoxy) is 1. The lowest BCUT2D eigenvalue weighted by atomic mass is 9.90. The number of aryl methyl sites for hydroxylation is 1. The molecule has 43 heavy (non-hydrogen) atoms. The van der Waals surface area contributed by atoms with Crippen LogP contribution in [0.25, 0.3) is 11.0 Å². The van der Waals surface area contributed by atoms with Gasteiger partial charge in [-0.2, -0.15) is 4.98 Å². The van der Waals surface area contributed by atoms with E-state index in [0.717, 1.165) is 74.2 Å². The van der Waals surface area contributed by atoms with Crippen molar-refractivity contribution in [2.75, 3.05) is 50.6 Å². The second-order valence-corrected chi connectivity index (χ2v) is 11.6. The lowest BCUT2D eigenvalue weighted by molar-refractivity contribution is 0.0922. The number of anilines is 3. The van der Waals surface area contributed by atoms with Gasteiger partial charge in [-0.3, -0.25) is 14.2 Å². The molecule has 2 aromatic heterocycles. The fourth-order valence-corrected chi connectivity index (χ4v) is 6.19. The summed E-state index contributed by atoms with van der Waals surface area (Å²) in [6.07, 6.45) is 4.90. The second kappa shape index (κ2) is 12.4. The maximum atomic E-state index is 13.4. The van der Waals surface area contributed by atoms with Crippen LogP contribution < -0.4 is 25.8 Å². The molecule has 0 radical (unpaired) electrons. The smallest absolute Gasteiger partial charge is 0.252 e. The topological polar surface area (TPSA) is 105 Å². The molecule has 4 aromatic rings. The van der Waals surface area contributed by atoms with Crippen molar-refractivity contribution in [3.8, 4) is 5.75 Å². The van der Waals surface area contributed by atoms with E-state index in [2.05, 4.69) is 38.5 Å². The van der Waals surface area contributed by atoms with Gasteiger partial charge in [0.1, 0.15) is 11.4 Å². The Morgan fingerprint density at radius 3 is 2.44 bits per heavy atom. The Balaban J connectivity index is 1.21. The molecule has 6 rings (SSSR count). The van der Waals surface area contributed by atoms with Gasteiger partial charge in [0.2, 0.25) is 5.95 Å². The minimum atomic E-state index is -0.0690. The van der Waals surface area contributed by atoms with Crippen molar-refractivity contribution in [2.24, 2.45) is 0 Å². The van der Waals surface area contributed by atoms with E-state index in [9.17, 15) is 9.59 Å². The van der Waals surface area contributed by atoms with Gasteiger partial charge in [0, 0.05) is 73.2 Å². The normalized spacial score (nSPS) is 19.3. The molecule has 2 aliphatic rings. The quantitative estimate of drug-likeness (QED) is 0.329. The molecule has 2 N–H and O–H groups in total. The largest absolute Gasteiger partial charge is 0.494 e. The third kappa shape index (κ3) is 6.19. The Hall–Kier alpha value is -4.44. The average molecular weight is 582 g/mol. The standard InChI is InChI=1S/C33H39N7O3/c1-22-19-30(41)40(25-11-9-24(10-12-25)35-32(42)23-7-5-4-6-8-23)31-27(22)21-34-33(37-31)36-28-14-13-26(20-29(28)43-3)39-17-15-38(2)16-18-39/h4-8,13-14,19-21,24-25H,9-12,15-18H2,1-3H3,(H,35,42)(H,34,36,37). The molecule has 2 aromatic carbocycles. The number of fused-ring (bicyclic) bond motifs is 1. The van der Waals surface area contributed by atoms with E-state index in [1.54, 1.807) is 19.4 Å². The first kappa shape index (κ1) is 28.7. The summed E-state index contributed by atoms with van der Waals surface area (Å²) in [7, 11) is 3.81. The third-order valence-electron chi connectivity index (χ3n) is 8.73. The van der Waals surface area contributed by atoms with E-state index in [-0.39, 0.29) is 23.6 Å². The molecule has 0 unspecified atom stereocenters. The van der Waals surface area contributed by atoms with Crippen LogP contribution in [0, 0.1) is 6.92 Å². The molecule has 224 valence electrons. The Morgan fingerprint density at radius 2 is 1.72 bits per heavy atom. The zero-order chi connectivity index (χ0) is 29.9. The molecule has 2 fully saturated rings. The maximum Gasteiger partial charge on any atom is 0.252 e. The first-order valence-corrected chi connectivity index (χ1v) is 15.0. The highest BCUT2D eigenvalue weighted by Crippen LogP contribution is 2.33. The summed E-state index contributed by atoms with van der Waals surface area (Å²) in [6, 6.07) is 17.1. The summed E-state index contributed by atoms with van der Waals surface area (Å²) in [5, 5.41) is 7.34. The molecule has 1 aliphatic heterocycles. The molecule has 0 spiro atoms. The highest BCUT2D eigenvalue weighted by atomic mass is 16.5. The van der Waals surface area contributed by atoms with Crippen molar-refractivity contribution < 1.29 is 9.53 Å². The van der Waals surface area contributed by atoms with E-state index in [1.165, 1.54) is 0 Å². The number of methoxy groups -OCH3 is 1. The molecular formula is C33H39N7O3. The van der Waals surface area contributed by atoms with Crippen molar-refractivity contribution in [3.63, 3.8) is 0 Å². The van der Waals surface area contributed by atoms with Gasteiger partial charge >= 0.3 is 0 Å². The molecule has 10 nitrogen and oxygen atoms in total. The SMILES string of the molecule is COc1cc(N2CCN(C)CC2)ccc1Nc1ncc2c(C)cc(=O)n(C3CCC(NC(=O)c4ccccc4)CC3)c2n1. The molecule has 3 heterocycles. The van der Waals surface area contributed by atoms with E-state index in [1.807, 2.05) is 54.0 Å². The van der Waals surface area contributed by atoms with Gasteiger partial charge in [0.15, 0.2) is 0 Å². The summed E-state index contributed by atoms with van der Waals surface area (Å²) >= 11 is 0. The number of carbonyl (C=O) groups is 1. The maximum absolute atomic E-state index is 13.4. The fourth-order valence-electron chi connectivity index (χ4n) is 6.19. The zero-order valence-corrected chi connectivity index (χ0v) is 25.0. The molecule has 1 amide bonds. The van der Waals surface area contributed by atoms with E-state index in [4.69, 9.17) is 9.72 Å². The zero-order valence-electron chi connectivity index (χ0n) is 25.0. The number of aromatic nitrogens is 3. The van der Waals surface area contributed by atoms with Crippen molar-refractivity contribution in [2.45, 2.75) is 44.7 Å². The van der Waals surface area contributed by atoms with E-state index < -0.39 is 0 Å². The first-order valence-electron chi connectivity index (χ1n) is 15.0. The van der Waals surface area contributed by atoms with Crippen molar-refractivity contribution >= 4 is 34.3 Å². The number of piperazine rings is 1.